The number of fused-ring (bicyclic) bond motifs is 2. The summed E-state index contributed by atoms with van der Waals surface area (Å²) in [6.45, 7) is 1.76. The first-order valence-corrected chi connectivity index (χ1v) is 10.4. The van der Waals surface area contributed by atoms with Gasteiger partial charge >= 0.3 is 5.97 Å². The van der Waals surface area contributed by atoms with Crippen LogP contribution in [-0.2, 0) is 14.3 Å². The number of nitrogens with zero attached hydrogens (tertiary/aromatic N) is 1. The molecule has 0 amide bonds. The summed E-state index contributed by atoms with van der Waals surface area (Å²) in [6.07, 6.45) is 0.395. The third kappa shape index (κ3) is 3.34. The molecule has 0 saturated heterocycles. The van der Waals surface area contributed by atoms with Crippen molar-refractivity contribution in [3.8, 4) is 11.5 Å². The number of ether oxygens (including phenoxy) is 3. The van der Waals surface area contributed by atoms with Gasteiger partial charge in [-0.25, -0.2) is 0 Å². The minimum atomic E-state index is -1.01. The predicted molar refractivity (Wildman–Crippen MR) is 117 cm³/mol. The molecule has 33 heavy (non-hydrogen) atoms. The lowest BCUT2D eigenvalue weighted by atomic mass is 9.74. The average Bonchev–Trinajstić information content (AvgIpc) is 3.18. The molecule has 0 unspecified atom stereocenters. The summed E-state index contributed by atoms with van der Waals surface area (Å²) >= 11 is 0. The Balaban J connectivity index is 1.73. The molecule has 3 atom stereocenters. The third-order valence-corrected chi connectivity index (χ3v) is 6.25. The Morgan fingerprint density at radius 2 is 1.88 bits per heavy atom. The highest BCUT2D eigenvalue weighted by atomic mass is 16.7. The van der Waals surface area contributed by atoms with E-state index in [1.54, 1.807) is 0 Å². The molecular formula is C23H21N3O7. The number of carbonyl (C=O) groups excluding carboxylic acids is 2. The summed E-state index contributed by atoms with van der Waals surface area (Å²) in [5.41, 5.74) is 2.29. The predicted octanol–water partition coefficient (Wildman–Crippen LogP) is 3.55. The Bertz CT molecular complexity index is 1220. The number of methoxy groups -OCH3 is 1. The highest BCUT2D eigenvalue weighted by Crippen LogP contribution is 2.48. The first-order valence-electron chi connectivity index (χ1n) is 10.4. The molecule has 3 aliphatic rings. The maximum absolute atomic E-state index is 13.7. The van der Waals surface area contributed by atoms with Gasteiger partial charge in [-0.15, -0.1) is 0 Å². The first-order chi connectivity index (χ1) is 15.9. The van der Waals surface area contributed by atoms with E-state index in [0.717, 1.165) is 5.69 Å². The van der Waals surface area contributed by atoms with E-state index < -0.39 is 28.6 Å². The zero-order chi connectivity index (χ0) is 23.3. The van der Waals surface area contributed by atoms with Crippen molar-refractivity contribution in [3.05, 3.63) is 63.3 Å². The van der Waals surface area contributed by atoms with Gasteiger partial charge in [0, 0.05) is 11.3 Å². The van der Waals surface area contributed by atoms with Gasteiger partial charge in [0.05, 0.1) is 41.1 Å². The molecular weight excluding hydrogens is 430 g/mol. The van der Waals surface area contributed by atoms with Crippen LogP contribution in [0, 0.1) is 22.0 Å². The van der Waals surface area contributed by atoms with E-state index in [4.69, 9.17) is 14.2 Å². The van der Waals surface area contributed by atoms with Crippen LogP contribution in [-0.4, -0.2) is 30.6 Å². The van der Waals surface area contributed by atoms with Crippen molar-refractivity contribution in [3.63, 3.8) is 0 Å². The molecule has 10 heteroatoms. The SMILES string of the molecule is COC(=O)[C@H]1C(=O)C2=C(C[C@H]1C)Nc1ccccc1N[C@H]2c1cc2c(cc1[N+](=O)[O-])OCO2. The number of hydrogen-bond donors (Lipinski definition) is 2. The number of hydrogen-bond acceptors (Lipinski definition) is 9. The molecule has 5 rings (SSSR count). The fourth-order valence-electron chi connectivity index (χ4n) is 4.70. The smallest absolute Gasteiger partial charge is 0.316 e. The van der Waals surface area contributed by atoms with E-state index in [1.807, 2.05) is 31.2 Å². The van der Waals surface area contributed by atoms with Gasteiger partial charge < -0.3 is 24.8 Å². The van der Waals surface area contributed by atoms with Gasteiger partial charge in [0.2, 0.25) is 6.79 Å². The number of Topliss-reactive ketones (excluding diaryl/α,β-unsaturated/α-hetero) is 1. The Morgan fingerprint density at radius 1 is 1.18 bits per heavy atom. The summed E-state index contributed by atoms with van der Waals surface area (Å²) < 4.78 is 15.7. The standard InChI is InChI=1S/C23H21N3O7/c1-11-7-15-20(22(27)19(11)23(28)31-2)21(25-14-6-4-3-5-13(14)24-15)12-8-17-18(33-10-32-17)9-16(12)26(29)30/h3-6,8-9,11,19,21,24-25H,7,10H2,1-2H3/t11-,19-,21+/m1/s1. The number of para-hydroxylation sites is 2. The Hall–Kier alpha value is -4.08. The van der Waals surface area contributed by atoms with Crippen molar-refractivity contribution in [2.45, 2.75) is 19.4 Å². The molecule has 2 aromatic rings. The topological polar surface area (TPSA) is 129 Å². The second kappa shape index (κ2) is 7.80. The number of allylic oxidation sites excluding steroid dienone is 1. The van der Waals surface area contributed by atoms with Crippen LogP contribution in [0.3, 0.4) is 0 Å². The molecule has 2 aromatic carbocycles. The molecule has 2 aliphatic heterocycles. The number of esters is 1. The summed E-state index contributed by atoms with van der Waals surface area (Å²) in [5.74, 6) is -1.75. The summed E-state index contributed by atoms with van der Waals surface area (Å²) in [5, 5.41) is 18.6. The minimum Gasteiger partial charge on any atom is -0.468 e. The molecule has 0 radical (unpaired) electrons. The van der Waals surface area contributed by atoms with Crippen LogP contribution in [0.4, 0.5) is 17.1 Å². The van der Waals surface area contributed by atoms with E-state index >= 15 is 0 Å². The lowest BCUT2D eigenvalue weighted by Gasteiger charge is -2.32. The quantitative estimate of drug-likeness (QED) is 0.311. The number of ketones is 1. The molecule has 0 bridgehead atoms. The number of nitrogens with one attached hydrogen (secondary N) is 2. The molecule has 0 saturated carbocycles. The fraction of sp³-hybridized carbons (Fsp3) is 0.304. The molecule has 2 heterocycles. The van der Waals surface area contributed by atoms with Gasteiger partial charge in [-0.05, 0) is 30.5 Å². The van der Waals surface area contributed by atoms with Crippen LogP contribution in [0.25, 0.3) is 0 Å². The molecule has 2 N–H and O–H groups in total. The summed E-state index contributed by atoms with van der Waals surface area (Å²) in [7, 11) is 1.24. The van der Waals surface area contributed by atoms with Crippen LogP contribution in [0.15, 0.2) is 47.7 Å². The Morgan fingerprint density at radius 3 is 2.58 bits per heavy atom. The second-order valence-corrected chi connectivity index (χ2v) is 8.21. The number of anilines is 2. The largest absolute Gasteiger partial charge is 0.468 e. The molecule has 1 aliphatic carbocycles. The zero-order valence-corrected chi connectivity index (χ0v) is 17.9. The Labute approximate surface area is 188 Å². The molecule has 0 fully saturated rings. The number of rotatable bonds is 3. The van der Waals surface area contributed by atoms with Gasteiger partial charge in [-0.2, -0.15) is 0 Å². The van der Waals surface area contributed by atoms with Crippen LogP contribution >= 0.6 is 0 Å². The van der Waals surface area contributed by atoms with E-state index in [1.165, 1.54) is 19.2 Å². The monoisotopic (exact) mass is 451 g/mol. The minimum absolute atomic E-state index is 0.0484. The van der Waals surface area contributed by atoms with Gasteiger partial charge in [0.25, 0.3) is 5.69 Å². The van der Waals surface area contributed by atoms with Crippen molar-refractivity contribution in [2.24, 2.45) is 11.8 Å². The number of nitro benzene ring substituents is 1. The second-order valence-electron chi connectivity index (χ2n) is 8.21. The maximum atomic E-state index is 13.7. The van der Waals surface area contributed by atoms with Crippen LogP contribution in [0.1, 0.15) is 24.9 Å². The average molecular weight is 451 g/mol. The van der Waals surface area contributed by atoms with E-state index in [-0.39, 0.29) is 35.3 Å². The lowest BCUT2D eigenvalue weighted by Crippen LogP contribution is -2.39. The molecule has 170 valence electrons. The van der Waals surface area contributed by atoms with Crippen LogP contribution in [0.5, 0.6) is 11.5 Å². The lowest BCUT2D eigenvalue weighted by molar-refractivity contribution is -0.385. The van der Waals surface area contributed by atoms with Crippen LogP contribution in [0.2, 0.25) is 0 Å². The van der Waals surface area contributed by atoms with Gasteiger partial charge in [0.15, 0.2) is 17.3 Å². The van der Waals surface area contributed by atoms with Gasteiger partial charge in [-0.3, -0.25) is 19.7 Å². The molecule has 0 aromatic heterocycles. The Kier molecular flexibility index (Phi) is 4.92. The van der Waals surface area contributed by atoms with Crippen molar-refractivity contribution in [2.75, 3.05) is 24.5 Å². The van der Waals surface area contributed by atoms with Crippen molar-refractivity contribution in [1.82, 2.24) is 0 Å². The van der Waals surface area contributed by atoms with Gasteiger partial charge in [-0.1, -0.05) is 19.1 Å². The highest BCUT2D eigenvalue weighted by molar-refractivity contribution is 6.11. The normalized spacial score (nSPS) is 23.0. The van der Waals surface area contributed by atoms with Crippen molar-refractivity contribution < 1.29 is 28.7 Å². The van der Waals surface area contributed by atoms with Crippen molar-refractivity contribution >= 4 is 28.8 Å². The highest BCUT2D eigenvalue weighted by Gasteiger charge is 2.45. The molecule has 10 nitrogen and oxygen atoms in total. The fourth-order valence-corrected chi connectivity index (χ4v) is 4.70. The number of benzene rings is 2. The zero-order valence-electron chi connectivity index (χ0n) is 17.9. The molecule has 0 spiro atoms. The van der Waals surface area contributed by atoms with E-state index in [2.05, 4.69) is 10.6 Å². The van der Waals surface area contributed by atoms with E-state index in [9.17, 15) is 19.7 Å². The number of nitro groups is 1. The van der Waals surface area contributed by atoms with E-state index in [0.29, 0.717) is 23.6 Å². The summed E-state index contributed by atoms with van der Waals surface area (Å²) in [6, 6.07) is 9.27. The maximum Gasteiger partial charge on any atom is 0.316 e. The first kappa shape index (κ1) is 20.8. The summed E-state index contributed by atoms with van der Waals surface area (Å²) in [4.78, 5) is 37.7. The van der Waals surface area contributed by atoms with Crippen LogP contribution < -0.4 is 20.1 Å². The van der Waals surface area contributed by atoms with Crippen molar-refractivity contribution in [1.29, 1.82) is 0 Å². The number of carbonyl (C=O) groups is 2. The van der Waals surface area contributed by atoms with Gasteiger partial charge in [0.1, 0.15) is 5.92 Å². The third-order valence-electron chi connectivity index (χ3n) is 6.25.